The molecule has 8 heteroatoms. The number of nitrogens with zero attached hydrogens (tertiary/aromatic N) is 1. The standard InChI is InChI=1S/C10H11BrN2O5/c1-5(14)7-2-6(11)3-8(13(16)17)10(7)18-4-9(12)15/h2-3,5,14H,4H2,1H3,(H2,12,15). The Morgan fingerprint density at radius 3 is 2.72 bits per heavy atom. The summed E-state index contributed by atoms with van der Waals surface area (Å²) in [6, 6.07) is 2.70. The third kappa shape index (κ3) is 3.41. The van der Waals surface area contributed by atoms with Crippen molar-refractivity contribution in [2.45, 2.75) is 13.0 Å². The predicted molar refractivity (Wildman–Crippen MR) is 66.1 cm³/mol. The molecule has 0 bridgehead atoms. The van der Waals surface area contributed by atoms with Gasteiger partial charge in [0.05, 0.1) is 11.0 Å². The number of carbonyl (C=O) groups excluding carboxylic acids is 1. The Kier molecular flexibility index (Phi) is 4.62. The lowest BCUT2D eigenvalue weighted by Crippen LogP contribution is -2.21. The molecular weight excluding hydrogens is 308 g/mol. The second kappa shape index (κ2) is 5.78. The lowest BCUT2D eigenvalue weighted by Gasteiger charge is -2.13. The summed E-state index contributed by atoms with van der Waals surface area (Å²) in [7, 11) is 0. The van der Waals surface area contributed by atoms with Crippen molar-refractivity contribution in [3.05, 3.63) is 32.3 Å². The number of nitro benzene ring substituents is 1. The monoisotopic (exact) mass is 318 g/mol. The van der Waals surface area contributed by atoms with E-state index in [1.54, 1.807) is 0 Å². The van der Waals surface area contributed by atoms with Crippen molar-refractivity contribution in [1.82, 2.24) is 0 Å². The molecule has 1 rings (SSSR count). The van der Waals surface area contributed by atoms with E-state index in [2.05, 4.69) is 15.9 Å². The van der Waals surface area contributed by atoms with Crippen molar-refractivity contribution in [3.63, 3.8) is 0 Å². The summed E-state index contributed by atoms with van der Waals surface area (Å²) in [6.07, 6.45) is -0.982. The Labute approximate surface area is 111 Å². The van der Waals surface area contributed by atoms with Gasteiger partial charge < -0.3 is 15.6 Å². The van der Waals surface area contributed by atoms with Crippen LogP contribution in [0, 0.1) is 10.1 Å². The lowest BCUT2D eigenvalue weighted by molar-refractivity contribution is -0.386. The molecule has 1 atom stereocenters. The van der Waals surface area contributed by atoms with Gasteiger partial charge in [0.1, 0.15) is 0 Å². The van der Waals surface area contributed by atoms with Crippen LogP contribution in [0.3, 0.4) is 0 Å². The van der Waals surface area contributed by atoms with Crippen LogP contribution in [0.1, 0.15) is 18.6 Å². The van der Waals surface area contributed by atoms with E-state index >= 15 is 0 Å². The van der Waals surface area contributed by atoms with Crippen LogP contribution in [0.4, 0.5) is 5.69 Å². The maximum absolute atomic E-state index is 10.9. The summed E-state index contributed by atoms with van der Waals surface area (Å²) in [5.74, 6) is -0.916. The molecule has 1 unspecified atom stereocenters. The average molecular weight is 319 g/mol. The number of ether oxygens (including phenoxy) is 1. The molecular formula is C10H11BrN2O5. The third-order valence-electron chi connectivity index (χ3n) is 2.07. The zero-order valence-electron chi connectivity index (χ0n) is 9.42. The van der Waals surface area contributed by atoms with Crippen molar-refractivity contribution < 1.29 is 19.6 Å². The van der Waals surface area contributed by atoms with Gasteiger partial charge in [0, 0.05) is 16.1 Å². The van der Waals surface area contributed by atoms with E-state index in [4.69, 9.17) is 10.5 Å². The fraction of sp³-hybridized carbons (Fsp3) is 0.300. The lowest BCUT2D eigenvalue weighted by atomic mass is 10.1. The number of hydrogen-bond donors (Lipinski definition) is 2. The molecule has 0 aliphatic heterocycles. The van der Waals surface area contributed by atoms with Gasteiger partial charge in [-0.15, -0.1) is 0 Å². The van der Waals surface area contributed by atoms with E-state index in [1.165, 1.54) is 19.1 Å². The molecule has 98 valence electrons. The SMILES string of the molecule is CC(O)c1cc(Br)cc([N+](=O)[O-])c1OCC(N)=O. The van der Waals surface area contributed by atoms with Gasteiger partial charge in [-0.25, -0.2) is 0 Å². The topological polar surface area (TPSA) is 116 Å². The first-order valence-electron chi connectivity index (χ1n) is 4.90. The number of amides is 1. The van der Waals surface area contributed by atoms with Crippen LogP contribution in [-0.4, -0.2) is 22.5 Å². The molecule has 0 saturated heterocycles. The highest BCUT2D eigenvalue weighted by Crippen LogP contribution is 2.37. The largest absolute Gasteiger partial charge is 0.476 e. The van der Waals surface area contributed by atoms with Gasteiger partial charge in [-0.2, -0.15) is 0 Å². The Morgan fingerprint density at radius 2 is 2.28 bits per heavy atom. The third-order valence-corrected chi connectivity index (χ3v) is 2.53. The van der Waals surface area contributed by atoms with Crippen molar-refractivity contribution in [1.29, 1.82) is 0 Å². The highest BCUT2D eigenvalue weighted by molar-refractivity contribution is 9.10. The zero-order chi connectivity index (χ0) is 13.9. The van der Waals surface area contributed by atoms with Gasteiger partial charge in [0.25, 0.3) is 5.91 Å². The normalized spacial score (nSPS) is 11.9. The quantitative estimate of drug-likeness (QED) is 0.626. The minimum Gasteiger partial charge on any atom is -0.476 e. The number of rotatable bonds is 5. The molecule has 1 aromatic rings. The molecule has 0 saturated carbocycles. The highest BCUT2D eigenvalue weighted by Gasteiger charge is 2.23. The zero-order valence-corrected chi connectivity index (χ0v) is 11.0. The fourth-order valence-corrected chi connectivity index (χ4v) is 1.81. The van der Waals surface area contributed by atoms with Crippen molar-refractivity contribution >= 4 is 27.5 Å². The number of benzene rings is 1. The van der Waals surface area contributed by atoms with Gasteiger partial charge >= 0.3 is 5.69 Å². The van der Waals surface area contributed by atoms with Crippen molar-refractivity contribution in [2.75, 3.05) is 6.61 Å². The molecule has 3 N–H and O–H groups in total. The molecule has 0 spiro atoms. The minimum absolute atomic E-state index is 0.156. The van der Waals surface area contributed by atoms with E-state index in [9.17, 15) is 20.0 Å². The highest BCUT2D eigenvalue weighted by atomic mass is 79.9. The second-order valence-electron chi connectivity index (χ2n) is 3.53. The molecule has 0 heterocycles. The summed E-state index contributed by atoms with van der Waals surface area (Å²) in [4.78, 5) is 20.9. The smallest absolute Gasteiger partial charge is 0.312 e. The van der Waals surface area contributed by atoms with Crippen LogP contribution in [0.2, 0.25) is 0 Å². The second-order valence-corrected chi connectivity index (χ2v) is 4.45. The molecule has 0 aliphatic rings. The first-order valence-corrected chi connectivity index (χ1v) is 5.69. The molecule has 18 heavy (non-hydrogen) atoms. The number of hydrogen-bond acceptors (Lipinski definition) is 5. The van der Waals surface area contributed by atoms with Crippen LogP contribution >= 0.6 is 15.9 Å². The first kappa shape index (κ1) is 14.4. The molecule has 7 nitrogen and oxygen atoms in total. The average Bonchev–Trinajstić information content (AvgIpc) is 2.25. The van der Waals surface area contributed by atoms with E-state index in [1.807, 2.05) is 0 Å². The molecule has 0 fully saturated rings. The Bertz CT molecular complexity index is 489. The molecule has 0 aromatic heterocycles. The fourth-order valence-electron chi connectivity index (χ4n) is 1.35. The Morgan fingerprint density at radius 1 is 1.67 bits per heavy atom. The van der Waals surface area contributed by atoms with Gasteiger partial charge in [-0.3, -0.25) is 14.9 Å². The molecule has 1 amide bonds. The predicted octanol–water partition coefficient (Wildman–Crippen LogP) is 1.27. The summed E-state index contributed by atoms with van der Waals surface area (Å²) in [5.41, 5.74) is 4.78. The van der Waals surface area contributed by atoms with E-state index in [0.29, 0.717) is 4.47 Å². The van der Waals surface area contributed by atoms with E-state index < -0.39 is 23.5 Å². The summed E-state index contributed by atoms with van der Waals surface area (Å²) in [6.45, 7) is 0.935. The van der Waals surface area contributed by atoms with Crippen molar-refractivity contribution in [2.24, 2.45) is 5.73 Å². The number of aliphatic hydroxyl groups excluding tert-OH is 1. The number of carbonyl (C=O) groups is 1. The molecule has 0 aliphatic carbocycles. The summed E-state index contributed by atoms with van der Waals surface area (Å²) >= 11 is 3.10. The van der Waals surface area contributed by atoms with Gasteiger partial charge in [0.2, 0.25) is 5.75 Å². The van der Waals surface area contributed by atoms with Gasteiger partial charge in [-0.1, -0.05) is 15.9 Å². The number of aliphatic hydroxyl groups is 1. The van der Waals surface area contributed by atoms with Crippen molar-refractivity contribution in [3.8, 4) is 5.75 Å². The van der Waals surface area contributed by atoms with E-state index in [-0.39, 0.29) is 17.0 Å². The number of nitro groups is 1. The molecule has 1 aromatic carbocycles. The number of primary amides is 1. The van der Waals surface area contributed by atoms with Gasteiger partial charge in [-0.05, 0) is 13.0 Å². The summed E-state index contributed by atoms with van der Waals surface area (Å²) in [5, 5.41) is 20.5. The van der Waals surface area contributed by atoms with E-state index in [0.717, 1.165) is 0 Å². The van der Waals surface area contributed by atoms with Crippen LogP contribution in [0.25, 0.3) is 0 Å². The molecule has 0 radical (unpaired) electrons. The van der Waals surface area contributed by atoms with Gasteiger partial charge in [0.15, 0.2) is 6.61 Å². The van der Waals surface area contributed by atoms with Crippen LogP contribution in [0.15, 0.2) is 16.6 Å². The Hall–Kier alpha value is -1.67. The first-order chi connectivity index (χ1) is 8.32. The van der Waals surface area contributed by atoms with Crippen LogP contribution in [0.5, 0.6) is 5.75 Å². The van der Waals surface area contributed by atoms with Crippen LogP contribution < -0.4 is 10.5 Å². The maximum atomic E-state index is 10.9. The maximum Gasteiger partial charge on any atom is 0.312 e. The summed E-state index contributed by atoms with van der Waals surface area (Å²) < 4.78 is 5.44. The minimum atomic E-state index is -0.982. The number of nitrogens with two attached hydrogens (primary N) is 1. The van der Waals surface area contributed by atoms with Crippen LogP contribution in [-0.2, 0) is 4.79 Å². The number of halogens is 1. The Balaban J connectivity index is 3.31.